The zero-order valence-corrected chi connectivity index (χ0v) is 15.9. The predicted molar refractivity (Wildman–Crippen MR) is 97.4 cm³/mol. The van der Waals surface area contributed by atoms with Gasteiger partial charge in [-0.05, 0) is 24.1 Å². The number of anilines is 1. The Bertz CT molecular complexity index is 882. The number of nitrogens with zero attached hydrogens (tertiary/aromatic N) is 2. The molecular weight excluding hydrogens is 395 g/mol. The molecule has 1 aromatic heterocycles. The third-order valence-corrected chi connectivity index (χ3v) is 4.97. The Morgan fingerprint density at radius 2 is 2.14 bits per heavy atom. The number of hydrogen-bond acceptors (Lipinski definition) is 7. The molecule has 0 radical (unpaired) electrons. The maximum Gasteiger partial charge on any atom is 0.351 e. The van der Waals surface area contributed by atoms with Crippen LogP contribution in [0.15, 0.2) is 41.3 Å². The largest absolute Gasteiger partial charge is 0.383 e. The first-order valence-corrected chi connectivity index (χ1v) is 9.56. The van der Waals surface area contributed by atoms with E-state index in [1.54, 1.807) is 0 Å². The quantitative estimate of drug-likeness (QED) is 0.669. The van der Waals surface area contributed by atoms with Gasteiger partial charge in [0.25, 0.3) is 5.92 Å². The van der Waals surface area contributed by atoms with E-state index < -0.39 is 39.0 Å². The minimum absolute atomic E-state index is 0.0702. The minimum Gasteiger partial charge on any atom is -0.383 e. The van der Waals surface area contributed by atoms with Gasteiger partial charge in [-0.25, -0.2) is 13.6 Å². The van der Waals surface area contributed by atoms with Gasteiger partial charge in [-0.3, -0.25) is 4.57 Å². The lowest BCUT2D eigenvalue weighted by Gasteiger charge is -2.19. The van der Waals surface area contributed by atoms with E-state index >= 15 is 0 Å². The van der Waals surface area contributed by atoms with E-state index in [0.717, 1.165) is 17.3 Å². The highest BCUT2D eigenvalue weighted by molar-refractivity contribution is 7.40. The maximum absolute atomic E-state index is 14.3. The molecule has 8 nitrogen and oxygen atoms in total. The second-order valence-corrected chi connectivity index (χ2v) is 7.34. The summed E-state index contributed by atoms with van der Waals surface area (Å²) in [6.45, 7) is 1.73. The second kappa shape index (κ2) is 8.59. The maximum atomic E-state index is 14.3. The number of aryl methyl sites for hydroxylation is 1. The molecule has 0 amide bonds. The molecule has 3 N–H and O–H groups in total. The third-order valence-electron chi connectivity index (χ3n) is 4.25. The SMILES string of the molecule is Cc1ccccc1COP(O)OCC1CC(F)(F)C(n2ccc(N)nc2=O)O1. The standard InChI is InChI=1S/C17H20F2N3O5P/c1-11-4-2-3-5-12(11)9-25-28(24)26-10-13-8-17(18,19)15(27-13)22-7-6-14(20)21-16(22)23/h2-7,13,15,24H,8-10H2,1H3,(H2,20,21,23). The molecule has 152 valence electrons. The first-order chi connectivity index (χ1) is 13.3. The van der Waals surface area contributed by atoms with E-state index in [2.05, 4.69) is 4.98 Å². The molecule has 0 saturated carbocycles. The molecule has 1 aliphatic rings. The molecule has 3 unspecified atom stereocenters. The summed E-state index contributed by atoms with van der Waals surface area (Å²) in [7, 11) is -2.27. The highest BCUT2D eigenvalue weighted by Gasteiger charge is 2.52. The first kappa shape index (κ1) is 20.8. The smallest absolute Gasteiger partial charge is 0.351 e. The Kier molecular flexibility index (Phi) is 6.36. The van der Waals surface area contributed by atoms with Crippen LogP contribution in [-0.2, 0) is 20.4 Å². The zero-order chi connectivity index (χ0) is 20.3. The number of nitrogen functional groups attached to an aromatic ring is 1. The summed E-state index contributed by atoms with van der Waals surface area (Å²) in [5.41, 5.74) is 6.31. The molecule has 1 fully saturated rings. The Labute approximate surface area is 160 Å². The van der Waals surface area contributed by atoms with Crippen molar-refractivity contribution < 1.29 is 27.5 Å². The van der Waals surface area contributed by atoms with E-state index in [1.807, 2.05) is 31.2 Å². The molecule has 0 aliphatic carbocycles. The van der Waals surface area contributed by atoms with Gasteiger partial charge in [-0.15, -0.1) is 0 Å². The van der Waals surface area contributed by atoms with Crippen molar-refractivity contribution in [3.05, 3.63) is 58.1 Å². The number of benzene rings is 1. The Balaban J connectivity index is 1.54. The zero-order valence-electron chi connectivity index (χ0n) is 15.0. The molecule has 1 saturated heterocycles. The van der Waals surface area contributed by atoms with Crippen LogP contribution in [0.5, 0.6) is 0 Å². The summed E-state index contributed by atoms with van der Waals surface area (Å²) in [4.78, 5) is 25.1. The Morgan fingerprint density at radius 3 is 2.86 bits per heavy atom. The molecule has 3 atom stereocenters. The predicted octanol–water partition coefficient (Wildman–Crippen LogP) is 2.51. The van der Waals surface area contributed by atoms with Crippen LogP contribution in [0.3, 0.4) is 0 Å². The number of hydrogen-bond donors (Lipinski definition) is 2. The van der Waals surface area contributed by atoms with E-state index in [4.69, 9.17) is 19.5 Å². The van der Waals surface area contributed by atoms with Gasteiger partial charge in [0.05, 0.1) is 19.3 Å². The fourth-order valence-electron chi connectivity index (χ4n) is 2.79. The van der Waals surface area contributed by atoms with Crippen LogP contribution >= 0.6 is 8.60 Å². The van der Waals surface area contributed by atoms with Crippen molar-refractivity contribution in [3.63, 3.8) is 0 Å². The molecule has 28 heavy (non-hydrogen) atoms. The van der Waals surface area contributed by atoms with E-state index in [-0.39, 0.29) is 19.0 Å². The van der Waals surface area contributed by atoms with Crippen molar-refractivity contribution in [2.24, 2.45) is 0 Å². The average molecular weight is 415 g/mol. The lowest BCUT2D eigenvalue weighted by Crippen LogP contribution is -2.35. The van der Waals surface area contributed by atoms with Crippen LogP contribution in [0, 0.1) is 6.92 Å². The number of rotatable bonds is 7. The van der Waals surface area contributed by atoms with Crippen LogP contribution in [0.25, 0.3) is 0 Å². The highest BCUT2D eigenvalue weighted by atomic mass is 31.2. The summed E-state index contributed by atoms with van der Waals surface area (Å²) in [5, 5.41) is 0. The van der Waals surface area contributed by atoms with Gasteiger partial charge in [-0.1, -0.05) is 24.3 Å². The fourth-order valence-corrected chi connectivity index (χ4v) is 3.40. The normalized spacial score (nSPS) is 22.3. The number of alkyl halides is 2. The third kappa shape index (κ3) is 4.89. The van der Waals surface area contributed by atoms with Crippen LogP contribution in [0.2, 0.25) is 0 Å². The monoisotopic (exact) mass is 415 g/mol. The average Bonchev–Trinajstić information content (AvgIpc) is 2.93. The molecular formula is C17H20F2N3O5P. The van der Waals surface area contributed by atoms with Crippen LogP contribution in [-0.4, -0.2) is 33.1 Å². The van der Waals surface area contributed by atoms with Gasteiger partial charge in [0.15, 0.2) is 0 Å². The molecule has 2 aromatic rings. The van der Waals surface area contributed by atoms with Gasteiger partial charge in [0.1, 0.15) is 5.82 Å². The van der Waals surface area contributed by atoms with Gasteiger partial charge in [0, 0.05) is 12.6 Å². The number of nitrogens with two attached hydrogens (primary N) is 1. The van der Waals surface area contributed by atoms with Crippen molar-refractivity contribution in [2.45, 2.75) is 38.2 Å². The van der Waals surface area contributed by atoms with E-state index in [1.165, 1.54) is 6.07 Å². The fraction of sp³-hybridized carbons (Fsp3) is 0.412. The van der Waals surface area contributed by atoms with Gasteiger partial charge < -0.3 is 24.4 Å². The molecule has 3 rings (SSSR count). The van der Waals surface area contributed by atoms with Crippen molar-refractivity contribution in [2.75, 3.05) is 12.3 Å². The summed E-state index contributed by atoms with van der Waals surface area (Å²) < 4.78 is 44.9. The number of halogens is 2. The molecule has 0 bridgehead atoms. The summed E-state index contributed by atoms with van der Waals surface area (Å²) in [6, 6.07) is 8.71. The van der Waals surface area contributed by atoms with Gasteiger partial charge in [-0.2, -0.15) is 4.98 Å². The van der Waals surface area contributed by atoms with Crippen molar-refractivity contribution in [3.8, 4) is 0 Å². The van der Waals surface area contributed by atoms with Crippen LogP contribution in [0.4, 0.5) is 14.6 Å². The van der Waals surface area contributed by atoms with Crippen molar-refractivity contribution >= 4 is 14.4 Å². The molecule has 1 aromatic carbocycles. The van der Waals surface area contributed by atoms with Crippen LogP contribution < -0.4 is 11.4 Å². The number of ether oxygens (including phenoxy) is 1. The second-order valence-electron chi connectivity index (χ2n) is 6.35. The Hall–Kier alpha value is -1.97. The van der Waals surface area contributed by atoms with Crippen molar-refractivity contribution in [1.82, 2.24) is 9.55 Å². The van der Waals surface area contributed by atoms with Gasteiger partial charge >= 0.3 is 14.3 Å². The van der Waals surface area contributed by atoms with E-state index in [9.17, 15) is 18.5 Å². The highest BCUT2D eigenvalue weighted by Crippen LogP contribution is 2.43. The lowest BCUT2D eigenvalue weighted by molar-refractivity contribution is -0.119. The summed E-state index contributed by atoms with van der Waals surface area (Å²) in [5.74, 6) is -3.38. The van der Waals surface area contributed by atoms with Crippen molar-refractivity contribution in [1.29, 1.82) is 0 Å². The molecule has 2 heterocycles. The van der Waals surface area contributed by atoms with E-state index in [0.29, 0.717) is 4.57 Å². The Morgan fingerprint density at radius 1 is 1.39 bits per heavy atom. The lowest BCUT2D eigenvalue weighted by atomic mass is 10.1. The number of aromatic nitrogens is 2. The van der Waals surface area contributed by atoms with Crippen LogP contribution in [0.1, 0.15) is 23.8 Å². The topological polar surface area (TPSA) is 109 Å². The molecule has 1 aliphatic heterocycles. The molecule has 0 spiro atoms. The first-order valence-electron chi connectivity index (χ1n) is 8.43. The summed E-state index contributed by atoms with van der Waals surface area (Å²) >= 11 is 0. The van der Waals surface area contributed by atoms with Gasteiger partial charge in [0.2, 0.25) is 6.23 Å². The molecule has 11 heteroatoms. The summed E-state index contributed by atoms with van der Waals surface area (Å²) in [6.07, 6.45) is -2.41. The minimum atomic E-state index is -3.31.